The van der Waals surface area contributed by atoms with E-state index in [2.05, 4.69) is 16.4 Å². The van der Waals surface area contributed by atoms with Gasteiger partial charge in [-0.2, -0.15) is 0 Å². The van der Waals surface area contributed by atoms with Crippen molar-refractivity contribution in [3.63, 3.8) is 0 Å². The number of carboxylic acids is 1. The summed E-state index contributed by atoms with van der Waals surface area (Å²) < 4.78 is 2.05. The molecular weight excluding hydrogens is 476 g/mol. The maximum atomic E-state index is 14.0. The van der Waals surface area contributed by atoms with Crippen LogP contribution in [0.2, 0.25) is 0 Å². The molecule has 2 aliphatic carbocycles. The average molecular weight is 519 g/mol. The Kier molecular flexibility index (Phi) is 6.25. The van der Waals surface area contributed by atoms with Crippen molar-refractivity contribution in [2.45, 2.75) is 102 Å². The number of hydrogen-bond acceptors (Lipinski definition) is 5. The Hall–Kier alpha value is -2.41. The van der Waals surface area contributed by atoms with Crippen LogP contribution in [0.1, 0.15) is 83.6 Å². The van der Waals surface area contributed by atoms with E-state index in [4.69, 9.17) is 4.98 Å². The van der Waals surface area contributed by atoms with Crippen molar-refractivity contribution in [3.05, 3.63) is 34.6 Å². The fourth-order valence-corrected chi connectivity index (χ4v) is 9.17. The first-order valence-corrected chi connectivity index (χ1v) is 15.2. The van der Waals surface area contributed by atoms with Crippen molar-refractivity contribution < 1.29 is 9.90 Å². The number of carbonyl (C=O) groups is 1. The van der Waals surface area contributed by atoms with Gasteiger partial charge in [0.2, 0.25) is 0 Å². The molecule has 5 aliphatic rings. The number of para-hydroxylation sites is 2. The van der Waals surface area contributed by atoms with E-state index in [0.29, 0.717) is 37.0 Å². The molecule has 1 aromatic carbocycles. The fraction of sp³-hybridized carbons (Fsp3) is 0.710. The first-order valence-electron chi connectivity index (χ1n) is 15.2. The molecule has 204 valence electrons. The number of aromatic nitrogens is 2. The minimum absolute atomic E-state index is 0.0407. The van der Waals surface area contributed by atoms with Crippen molar-refractivity contribution >= 4 is 22.8 Å². The predicted octanol–water partition coefficient (Wildman–Crippen LogP) is 5.08. The minimum Gasteiger partial charge on any atom is -0.481 e. The Morgan fingerprint density at radius 3 is 2.32 bits per heavy atom. The third kappa shape index (κ3) is 4.16. The second-order valence-corrected chi connectivity index (χ2v) is 13.2. The van der Waals surface area contributed by atoms with Gasteiger partial charge < -0.3 is 14.6 Å². The van der Waals surface area contributed by atoms with Crippen LogP contribution in [0.3, 0.4) is 0 Å². The predicted molar refractivity (Wildman–Crippen MR) is 149 cm³/mol. The Bertz CT molecular complexity index is 1260. The van der Waals surface area contributed by atoms with Gasteiger partial charge in [-0.05, 0) is 81.3 Å². The third-order valence-corrected chi connectivity index (χ3v) is 11.0. The molecule has 2 saturated carbocycles. The highest BCUT2D eigenvalue weighted by Crippen LogP contribution is 2.47. The quantitative estimate of drug-likeness (QED) is 0.608. The largest absolute Gasteiger partial charge is 0.481 e. The minimum atomic E-state index is -0.792. The zero-order valence-corrected chi connectivity index (χ0v) is 22.7. The summed E-state index contributed by atoms with van der Waals surface area (Å²) in [5.74, 6) is 1.99. The maximum Gasteiger partial charge on any atom is 0.310 e. The SMILES string of the molecule is CC1CC2CC1CCCC(N1C3CCCC1CC(n1c(=O)c(N4CC(C(=O)O)C4)nc4ccccc41)C3)C2. The summed E-state index contributed by atoms with van der Waals surface area (Å²) in [6.07, 6.45) is 14.2. The number of piperidine rings is 2. The van der Waals surface area contributed by atoms with Gasteiger partial charge in [-0.25, -0.2) is 4.98 Å². The molecule has 6 unspecified atom stereocenters. The van der Waals surface area contributed by atoms with Gasteiger partial charge in [0.1, 0.15) is 0 Å². The Morgan fingerprint density at radius 2 is 1.58 bits per heavy atom. The lowest BCUT2D eigenvalue weighted by Crippen LogP contribution is -2.58. The lowest BCUT2D eigenvalue weighted by Gasteiger charge is -2.53. The van der Waals surface area contributed by atoms with Crippen molar-refractivity contribution in [2.75, 3.05) is 18.0 Å². The van der Waals surface area contributed by atoms with Gasteiger partial charge in [0.05, 0.1) is 17.0 Å². The molecule has 2 aromatic rings. The summed E-state index contributed by atoms with van der Waals surface area (Å²) in [4.78, 5) is 35.0. The Balaban J connectivity index is 1.18. The molecule has 0 amide bonds. The molecule has 3 aliphatic heterocycles. The number of benzene rings is 1. The zero-order valence-electron chi connectivity index (χ0n) is 22.7. The standard InChI is InChI=1S/C31H42N4O3/c1-19-12-20-13-21(19)6-4-7-23(14-20)34-24-8-5-9-25(34)16-26(15-24)35-28-11-3-2-10-27(28)32-29(30(35)36)33-17-22(18-33)31(37)38/h2-3,10-11,19-26H,4-9,12-18H2,1H3,(H,37,38). The van der Waals surface area contributed by atoms with Crippen LogP contribution >= 0.6 is 0 Å². The van der Waals surface area contributed by atoms with Crippen molar-refractivity contribution in [3.8, 4) is 0 Å². The van der Waals surface area contributed by atoms with E-state index in [1.165, 1.54) is 57.8 Å². The summed E-state index contributed by atoms with van der Waals surface area (Å²) in [6.45, 7) is 3.21. The number of carboxylic acid groups (broad SMARTS) is 1. The van der Waals surface area contributed by atoms with Crippen LogP contribution in [0.25, 0.3) is 11.0 Å². The summed E-state index contributed by atoms with van der Waals surface area (Å²) in [6, 6.07) is 9.99. The first kappa shape index (κ1) is 24.6. The third-order valence-electron chi connectivity index (χ3n) is 11.0. The Morgan fingerprint density at radius 1 is 0.895 bits per heavy atom. The monoisotopic (exact) mass is 518 g/mol. The molecule has 7 rings (SSSR count). The summed E-state index contributed by atoms with van der Waals surface area (Å²) in [5, 5.41) is 9.37. The van der Waals surface area contributed by atoms with Gasteiger partial charge in [0.15, 0.2) is 5.82 Å². The highest BCUT2D eigenvalue weighted by atomic mass is 16.4. The summed E-state index contributed by atoms with van der Waals surface area (Å²) >= 11 is 0. The average Bonchev–Trinajstić information content (AvgIpc) is 3.22. The van der Waals surface area contributed by atoms with Crippen LogP contribution in [0.4, 0.5) is 5.82 Å². The molecule has 0 radical (unpaired) electrons. The normalized spacial score (nSPS) is 36.0. The van der Waals surface area contributed by atoms with Gasteiger partial charge in [-0.15, -0.1) is 0 Å². The maximum absolute atomic E-state index is 14.0. The van der Waals surface area contributed by atoms with E-state index in [1.54, 1.807) is 0 Å². The van der Waals surface area contributed by atoms with Crippen LogP contribution in [-0.2, 0) is 4.79 Å². The zero-order chi connectivity index (χ0) is 26.0. The molecule has 4 bridgehead atoms. The number of rotatable bonds is 4. The second-order valence-electron chi connectivity index (χ2n) is 13.2. The van der Waals surface area contributed by atoms with E-state index in [9.17, 15) is 14.7 Å². The van der Waals surface area contributed by atoms with Crippen LogP contribution in [0, 0.1) is 23.7 Å². The van der Waals surface area contributed by atoms with Crippen LogP contribution in [-0.4, -0.2) is 56.7 Å². The van der Waals surface area contributed by atoms with Crippen LogP contribution in [0.5, 0.6) is 0 Å². The van der Waals surface area contributed by atoms with Gasteiger partial charge in [-0.1, -0.05) is 38.3 Å². The number of fused-ring (bicyclic) bond motifs is 5. The molecule has 6 atom stereocenters. The molecular formula is C31H42N4O3. The van der Waals surface area contributed by atoms with Gasteiger partial charge >= 0.3 is 5.97 Å². The summed E-state index contributed by atoms with van der Waals surface area (Å²) in [7, 11) is 0. The molecule has 7 nitrogen and oxygen atoms in total. The van der Waals surface area contributed by atoms with E-state index in [0.717, 1.165) is 41.6 Å². The highest BCUT2D eigenvalue weighted by Gasteiger charge is 2.45. The molecule has 7 heteroatoms. The molecule has 1 N–H and O–H groups in total. The topological polar surface area (TPSA) is 78.7 Å². The number of hydrogen-bond donors (Lipinski definition) is 1. The Labute approximate surface area is 225 Å². The number of aliphatic carboxylic acids is 1. The molecule has 4 heterocycles. The molecule has 3 saturated heterocycles. The first-order chi connectivity index (χ1) is 18.5. The molecule has 5 fully saturated rings. The van der Waals surface area contributed by atoms with Gasteiger partial charge in [0, 0.05) is 37.3 Å². The van der Waals surface area contributed by atoms with Crippen molar-refractivity contribution in [2.24, 2.45) is 23.7 Å². The molecule has 38 heavy (non-hydrogen) atoms. The van der Waals surface area contributed by atoms with Gasteiger partial charge in [0.25, 0.3) is 5.56 Å². The smallest absolute Gasteiger partial charge is 0.310 e. The second kappa shape index (κ2) is 9.65. The lowest BCUT2D eigenvalue weighted by atomic mass is 9.78. The molecule has 1 aromatic heterocycles. The molecule has 0 spiro atoms. The van der Waals surface area contributed by atoms with E-state index in [-0.39, 0.29) is 11.6 Å². The van der Waals surface area contributed by atoms with Gasteiger partial charge in [-0.3, -0.25) is 14.5 Å². The highest BCUT2D eigenvalue weighted by molar-refractivity contribution is 5.78. The van der Waals surface area contributed by atoms with Crippen LogP contribution < -0.4 is 10.5 Å². The number of nitrogens with zero attached hydrogens (tertiary/aromatic N) is 4. The summed E-state index contributed by atoms with van der Waals surface area (Å²) in [5.41, 5.74) is 1.71. The van der Waals surface area contributed by atoms with E-state index in [1.807, 2.05) is 29.2 Å². The van der Waals surface area contributed by atoms with E-state index >= 15 is 0 Å². The van der Waals surface area contributed by atoms with E-state index < -0.39 is 11.9 Å². The fourth-order valence-electron chi connectivity index (χ4n) is 9.17. The van der Waals surface area contributed by atoms with Crippen molar-refractivity contribution in [1.29, 1.82) is 0 Å². The van der Waals surface area contributed by atoms with Crippen molar-refractivity contribution in [1.82, 2.24) is 14.5 Å². The number of anilines is 1. The van der Waals surface area contributed by atoms with Crippen LogP contribution in [0.15, 0.2) is 29.1 Å². The lowest BCUT2D eigenvalue weighted by molar-refractivity contribution is -0.142.